The van der Waals surface area contributed by atoms with Crippen LogP contribution in [0.25, 0.3) is 6.08 Å². The highest BCUT2D eigenvalue weighted by atomic mass is 16.5. The summed E-state index contributed by atoms with van der Waals surface area (Å²) in [6.45, 7) is 0. The number of carbonyl (C=O) groups excluding carboxylic acids is 1. The third-order valence-electron chi connectivity index (χ3n) is 1.72. The largest absolute Gasteiger partial charge is 0.507 e. The first-order chi connectivity index (χ1) is 7.04. The molecule has 1 aromatic rings. The molecule has 0 aliphatic carbocycles. The number of rotatable bonds is 2. The van der Waals surface area contributed by atoms with E-state index in [2.05, 4.69) is 4.74 Å². The van der Waals surface area contributed by atoms with E-state index in [-0.39, 0.29) is 17.1 Å². The first kappa shape index (κ1) is 10.9. The SMILES string of the molecule is COC(=O)/C=C/c1cc(O)c(O)cc1O. The summed E-state index contributed by atoms with van der Waals surface area (Å²) in [5.41, 5.74) is 0.204. The van der Waals surface area contributed by atoms with Gasteiger partial charge < -0.3 is 20.1 Å². The van der Waals surface area contributed by atoms with Gasteiger partial charge in [0.05, 0.1) is 7.11 Å². The van der Waals surface area contributed by atoms with Crippen LogP contribution in [0.2, 0.25) is 0 Å². The van der Waals surface area contributed by atoms with E-state index in [0.29, 0.717) is 0 Å². The van der Waals surface area contributed by atoms with Crippen molar-refractivity contribution in [1.29, 1.82) is 0 Å². The monoisotopic (exact) mass is 210 g/mol. The minimum absolute atomic E-state index is 0.204. The molecule has 1 rings (SSSR count). The molecule has 0 fully saturated rings. The van der Waals surface area contributed by atoms with Gasteiger partial charge in [0.1, 0.15) is 5.75 Å². The third kappa shape index (κ3) is 2.63. The minimum Gasteiger partial charge on any atom is -0.507 e. The summed E-state index contributed by atoms with van der Waals surface area (Å²) < 4.78 is 4.35. The van der Waals surface area contributed by atoms with Crippen molar-refractivity contribution in [3.8, 4) is 17.2 Å². The highest BCUT2D eigenvalue weighted by Gasteiger charge is 2.05. The van der Waals surface area contributed by atoms with E-state index in [9.17, 15) is 9.90 Å². The zero-order chi connectivity index (χ0) is 11.4. The van der Waals surface area contributed by atoms with Crippen molar-refractivity contribution in [3.05, 3.63) is 23.8 Å². The Morgan fingerprint density at radius 1 is 1.20 bits per heavy atom. The molecular formula is C10H10O5. The van der Waals surface area contributed by atoms with Gasteiger partial charge in [-0.05, 0) is 12.1 Å². The Morgan fingerprint density at radius 2 is 1.80 bits per heavy atom. The van der Waals surface area contributed by atoms with Crippen LogP contribution in [0.3, 0.4) is 0 Å². The Morgan fingerprint density at radius 3 is 2.40 bits per heavy atom. The van der Waals surface area contributed by atoms with E-state index in [0.717, 1.165) is 18.2 Å². The topological polar surface area (TPSA) is 87.0 Å². The van der Waals surface area contributed by atoms with E-state index < -0.39 is 11.7 Å². The number of hydrogen-bond donors (Lipinski definition) is 3. The molecule has 0 amide bonds. The van der Waals surface area contributed by atoms with E-state index in [1.807, 2.05) is 0 Å². The first-order valence-electron chi connectivity index (χ1n) is 4.05. The average Bonchev–Trinajstić information content (AvgIpc) is 2.21. The summed E-state index contributed by atoms with van der Waals surface area (Å²) >= 11 is 0. The number of phenols is 3. The van der Waals surface area contributed by atoms with Crippen LogP contribution < -0.4 is 0 Å². The molecule has 5 nitrogen and oxygen atoms in total. The third-order valence-corrected chi connectivity index (χ3v) is 1.72. The zero-order valence-corrected chi connectivity index (χ0v) is 7.97. The van der Waals surface area contributed by atoms with E-state index in [1.54, 1.807) is 0 Å². The Labute approximate surface area is 85.9 Å². The summed E-state index contributed by atoms with van der Waals surface area (Å²) in [4.78, 5) is 10.7. The van der Waals surface area contributed by atoms with E-state index in [1.165, 1.54) is 13.2 Å². The number of hydrogen-bond acceptors (Lipinski definition) is 5. The molecule has 0 spiro atoms. The predicted octanol–water partition coefficient (Wildman–Crippen LogP) is 0.990. The maximum Gasteiger partial charge on any atom is 0.330 e. The summed E-state index contributed by atoms with van der Waals surface area (Å²) in [6, 6.07) is 2.11. The molecule has 0 aliphatic rings. The van der Waals surface area contributed by atoms with E-state index in [4.69, 9.17) is 10.2 Å². The summed E-state index contributed by atoms with van der Waals surface area (Å²) in [5.74, 6) is -1.63. The molecule has 0 atom stereocenters. The smallest absolute Gasteiger partial charge is 0.330 e. The van der Waals surface area contributed by atoms with Gasteiger partial charge in [0.2, 0.25) is 0 Å². The fraction of sp³-hybridized carbons (Fsp3) is 0.100. The minimum atomic E-state index is -0.582. The van der Waals surface area contributed by atoms with Crippen LogP contribution in [0.4, 0.5) is 0 Å². The number of phenolic OH excluding ortho intramolecular Hbond substituents is 3. The maximum absolute atomic E-state index is 10.7. The van der Waals surface area contributed by atoms with Gasteiger partial charge >= 0.3 is 5.97 Å². The van der Waals surface area contributed by atoms with Gasteiger partial charge in [-0.2, -0.15) is 0 Å². The quantitative estimate of drug-likeness (QED) is 0.293. The van der Waals surface area contributed by atoms with Gasteiger partial charge in [0, 0.05) is 17.7 Å². The lowest BCUT2D eigenvalue weighted by Gasteiger charge is -2.02. The van der Waals surface area contributed by atoms with Crippen LogP contribution in [0.15, 0.2) is 18.2 Å². The van der Waals surface area contributed by atoms with Crippen molar-refractivity contribution < 1.29 is 24.9 Å². The van der Waals surface area contributed by atoms with Crippen molar-refractivity contribution >= 4 is 12.0 Å². The predicted molar refractivity (Wildman–Crippen MR) is 52.5 cm³/mol. The van der Waals surface area contributed by atoms with Gasteiger partial charge in [0.15, 0.2) is 11.5 Å². The standard InChI is InChI=1S/C10H10O5/c1-15-10(14)3-2-6-4-8(12)9(13)5-7(6)11/h2-5,11-13H,1H3/b3-2+. The van der Waals surface area contributed by atoms with Crippen LogP contribution in [0.5, 0.6) is 17.2 Å². The highest BCUT2D eigenvalue weighted by Crippen LogP contribution is 2.32. The number of benzene rings is 1. The van der Waals surface area contributed by atoms with Gasteiger partial charge in [-0.1, -0.05) is 0 Å². The Hall–Kier alpha value is -2.17. The molecule has 0 unspecified atom stereocenters. The summed E-state index contributed by atoms with van der Waals surface area (Å²) in [5, 5.41) is 27.5. The molecule has 5 heteroatoms. The normalized spacial score (nSPS) is 10.5. The Kier molecular flexibility index (Phi) is 3.17. The first-order valence-corrected chi connectivity index (χ1v) is 4.05. The number of methoxy groups -OCH3 is 1. The molecule has 1 aromatic carbocycles. The molecule has 0 saturated heterocycles. The summed E-state index contributed by atoms with van der Waals surface area (Å²) in [6.07, 6.45) is 2.35. The number of esters is 1. The molecule has 15 heavy (non-hydrogen) atoms. The van der Waals surface area contributed by atoms with Gasteiger partial charge in [-0.3, -0.25) is 0 Å². The lowest BCUT2D eigenvalue weighted by Crippen LogP contribution is -1.93. The van der Waals surface area contributed by atoms with Crippen LogP contribution in [0.1, 0.15) is 5.56 Å². The molecule has 0 bridgehead atoms. The molecule has 0 radical (unpaired) electrons. The maximum atomic E-state index is 10.7. The van der Waals surface area contributed by atoms with Gasteiger partial charge in [-0.15, -0.1) is 0 Å². The number of aromatic hydroxyl groups is 3. The van der Waals surface area contributed by atoms with E-state index >= 15 is 0 Å². The van der Waals surface area contributed by atoms with Gasteiger partial charge in [-0.25, -0.2) is 4.79 Å². The molecule has 0 saturated carbocycles. The molecule has 0 aliphatic heterocycles. The molecule has 80 valence electrons. The fourth-order valence-electron chi connectivity index (χ4n) is 0.941. The Balaban J connectivity index is 3.00. The van der Waals surface area contributed by atoms with Gasteiger partial charge in [0.25, 0.3) is 0 Å². The Bertz CT molecular complexity index is 409. The van der Waals surface area contributed by atoms with Crippen LogP contribution in [0, 0.1) is 0 Å². The second-order valence-electron chi connectivity index (χ2n) is 2.76. The fourth-order valence-corrected chi connectivity index (χ4v) is 0.941. The lowest BCUT2D eigenvalue weighted by atomic mass is 10.1. The zero-order valence-electron chi connectivity index (χ0n) is 7.97. The van der Waals surface area contributed by atoms with Crippen LogP contribution >= 0.6 is 0 Å². The molecule has 3 N–H and O–H groups in total. The second kappa shape index (κ2) is 4.36. The van der Waals surface area contributed by atoms with Crippen molar-refractivity contribution in [2.45, 2.75) is 0 Å². The van der Waals surface area contributed by atoms with Crippen molar-refractivity contribution in [3.63, 3.8) is 0 Å². The highest BCUT2D eigenvalue weighted by molar-refractivity contribution is 5.87. The second-order valence-corrected chi connectivity index (χ2v) is 2.76. The van der Waals surface area contributed by atoms with Crippen LogP contribution in [-0.4, -0.2) is 28.4 Å². The number of carbonyl (C=O) groups is 1. The van der Waals surface area contributed by atoms with Crippen molar-refractivity contribution in [2.24, 2.45) is 0 Å². The van der Waals surface area contributed by atoms with Crippen molar-refractivity contribution in [2.75, 3.05) is 7.11 Å². The molecular weight excluding hydrogens is 200 g/mol. The van der Waals surface area contributed by atoms with Crippen LogP contribution in [-0.2, 0) is 9.53 Å². The molecule has 0 heterocycles. The average molecular weight is 210 g/mol. The summed E-state index contributed by atoms with van der Waals surface area (Å²) in [7, 11) is 1.22. The number of ether oxygens (including phenoxy) is 1. The molecule has 0 aromatic heterocycles. The lowest BCUT2D eigenvalue weighted by molar-refractivity contribution is -0.134. The van der Waals surface area contributed by atoms with Crippen molar-refractivity contribution in [1.82, 2.24) is 0 Å².